The molecule has 7 nitrogen and oxygen atoms in total. The third-order valence-corrected chi connectivity index (χ3v) is 6.87. The van der Waals surface area contributed by atoms with E-state index in [0.29, 0.717) is 6.04 Å². The first-order valence-corrected chi connectivity index (χ1v) is 11.7. The van der Waals surface area contributed by atoms with Crippen LogP contribution >= 0.6 is 0 Å². The molecule has 0 atom stereocenters. The number of carbonyl (C=O) groups excluding carboxylic acids is 1. The standard InChI is InChI=1S/C22H41N5O2/c1-26(2)20(28)17-23-21(25-19-9-5-3-6-10-19)24-18-22(11-7-4-8-12-22)27-13-15-29-16-14-27/h19H,3-18H2,1-2H3,(H2,23,24,25). The third kappa shape index (κ3) is 6.57. The number of amides is 1. The number of nitrogens with one attached hydrogen (secondary N) is 2. The fourth-order valence-electron chi connectivity index (χ4n) is 4.98. The average molecular weight is 408 g/mol. The van der Waals surface area contributed by atoms with Crippen LogP contribution in [0.15, 0.2) is 4.99 Å². The number of rotatable bonds is 6. The van der Waals surface area contributed by atoms with Gasteiger partial charge in [0.2, 0.25) is 5.91 Å². The first-order chi connectivity index (χ1) is 14.1. The molecule has 0 spiro atoms. The van der Waals surface area contributed by atoms with Gasteiger partial charge in [-0.05, 0) is 25.7 Å². The number of morpholine rings is 1. The monoisotopic (exact) mass is 407 g/mol. The first-order valence-electron chi connectivity index (χ1n) is 11.7. The second kappa shape index (κ2) is 11.2. The molecule has 1 saturated heterocycles. The Morgan fingerprint density at radius 1 is 1.07 bits per heavy atom. The Bertz CT molecular complexity index is 533. The number of hydrogen-bond acceptors (Lipinski definition) is 4. The van der Waals surface area contributed by atoms with Crippen LogP contribution in [0.4, 0.5) is 0 Å². The zero-order valence-corrected chi connectivity index (χ0v) is 18.5. The van der Waals surface area contributed by atoms with Gasteiger partial charge in [-0.1, -0.05) is 38.5 Å². The summed E-state index contributed by atoms with van der Waals surface area (Å²) >= 11 is 0. The van der Waals surface area contributed by atoms with Gasteiger partial charge in [-0.15, -0.1) is 0 Å². The Morgan fingerprint density at radius 2 is 1.72 bits per heavy atom. The Labute approximate surface area is 176 Å². The molecule has 29 heavy (non-hydrogen) atoms. The van der Waals surface area contributed by atoms with Gasteiger partial charge < -0.3 is 20.3 Å². The summed E-state index contributed by atoms with van der Waals surface area (Å²) in [5.74, 6) is 0.848. The van der Waals surface area contributed by atoms with Crippen molar-refractivity contribution < 1.29 is 9.53 Å². The highest BCUT2D eigenvalue weighted by atomic mass is 16.5. The lowest BCUT2D eigenvalue weighted by Gasteiger charge is -2.48. The van der Waals surface area contributed by atoms with Crippen LogP contribution in [-0.2, 0) is 9.53 Å². The van der Waals surface area contributed by atoms with Crippen LogP contribution in [0.2, 0.25) is 0 Å². The van der Waals surface area contributed by atoms with Crippen LogP contribution in [0.25, 0.3) is 0 Å². The lowest BCUT2D eigenvalue weighted by molar-refractivity contribution is -0.127. The Morgan fingerprint density at radius 3 is 2.38 bits per heavy atom. The fourth-order valence-corrected chi connectivity index (χ4v) is 4.98. The van der Waals surface area contributed by atoms with Gasteiger partial charge in [0.15, 0.2) is 5.96 Å². The minimum absolute atomic E-state index is 0.0373. The van der Waals surface area contributed by atoms with Gasteiger partial charge >= 0.3 is 0 Å². The van der Waals surface area contributed by atoms with Crippen LogP contribution in [0.3, 0.4) is 0 Å². The van der Waals surface area contributed by atoms with E-state index in [1.807, 2.05) is 0 Å². The Balaban J connectivity index is 1.66. The predicted molar refractivity (Wildman–Crippen MR) is 117 cm³/mol. The summed E-state index contributed by atoms with van der Waals surface area (Å²) in [7, 11) is 3.57. The van der Waals surface area contributed by atoms with E-state index >= 15 is 0 Å². The molecule has 2 saturated carbocycles. The van der Waals surface area contributed by atoms with Gasteiger partial charge in [-0.3, -0.25) is 9.69 Å². The fraction of sp³-hybridized carbons (Fsp3) is 0.909. The molecule has 3 fully saturated rings. The molecule has 2 aliphatic carbocycles. The number of carbonyl (C=O) groups is 1. The second-order valence-corrected chi connectivity index (χ2v) is 9.17. The van der Waals surface area contributed by atoms with E-state index in [0.717, 1.165) is 38.8 Å². The van der Waals surface area contributed by atoms with E-state index in [4.69, 9.17) is 4.74 Å². The molecule has 0 bridgehead atoms. The maximum atomic E-state index is 12.1. The highest BCUT2D eigenvalue weighted by Crippen LogP contribution is 2.33. The average Bonchev–Trinajstić information content (AvgIpc) is 2.77. The van der Waals surface area contributed by atoms with Gasteiger partial charge in [0.05, 0.1) is 13.2 Å². The highest BCUT2D eigenvalue weighted by Gasteiger charge is 2.38. The molecule has 1 aliphatic heterocycles. The van der Waals surface area contributed by atoms with Crippen molar-refractivity contribution in [3.8, 4) is 0 Å². The number of ether oxygens (including phenoxy) is 1. The summed E-state index contributed by atoms with van der Waals surface area (Å²) < 4.78 is 5.61. The molecule has 3 rings (SSSR count). The zero-order chi connectivity index (χ0) is 20.5. The summed E-state index contributed by atoms with van der Waals surface area (Å²) in [5.41, 5.74) is 0.183. The molecule has 1 heterocycles. The smallest absolute Gasteiger partial charge is 0.243 e. The van der Waals surface area contributed by atoms with Crippen molar-refractivity contribution in [2.24, 2.45) is 4.99 Å². The van der Waals surface area contributed by atoms with Crippen LogP contribution in [-0.4, -0.2) is 86.7 Å². The molecule has 0 aromatic heterocycles. The predicted octanol–water partition coefficient (Wildman–Crippen LogP) is 1.98. The van der Waals surface area contributed by atoms with Crippen molar-refractivity contribution >= 4 is 11.9 Å². The van der Waals surface area contributed by atoms with Gasteiger partial charge in [-0.2, -0.15) is 0 Å². The van der Waals surface area contributed by atoms with Crippen molar-refractivity contribution in [2.45, 2.75) is 75.8 Å². The SMILES string of the molecule is CN(C)C(=O)CN=C(NCC1(N2CCOCC2)CCCCC1)NC1CCCCC1. The third-order valence-electron chi connectivity index (χ3n) is 6.87. The Hall–Kier alpha value is -1.34. The number of aliphatic imine (C=N–C) groups is 1. The van der Waals surface area contributed by atoms with Gasteiger partial charge in [-0.25, -0.2) is 4.99 Å². The van der Waals surface area contributed by atoms with Crippen molar-refractivity contribution in [3.63, 3.8) is 0 Å². The summed E-state index contributed by atoms with van der Waals surface area (Å²) in [4.78, 5) is 21.0. The summed E-state index contributed by atoms with van der Waals surface area (Å²) in [6.45, 7) is 4.79. The van der Waals surface area contributed by atoms with Crippen LogP contribution in [0.1, 0.15) is 64.2 Å². The lowest BCUT2D eigenvalue weighted by atomic mass is 9.79. The normalized spacial score (nSPS) is 24.1. The van der Waals surface area contributed by atoms with E-state index in [1.165, 1.54) is 64.2 Å². The van der Waals surface area contributed by atoms with Gasteiger partial charge in [0.1, 0.15) is 6.54 Å². The maximum Gasteiger partial charge on any atom is 0.243 e. The quantitative estimate of drug-likeness (QED) is 0.520. The van der Waals surface area contributed by atoms with Crippen molar-refractivity contribution in [1.29, 1.82) is 0 Å². The minimum atomic E-state index is 0.0373. The number of likely N-dealkylation sites (N-methyl/N-ethyl adjacent to an activating group) is 1. The van der Waals surface area contributed by atoms with E-state index in [2.05, 4.69) is 20.5 Å². The largest absolute Gasteiger partial charge is 0.379 e. The molecule has 0 aromatic rings. The second-order valence-electron chi connectivity index (χ2n) is 9.17. The molecule has 2 N–H and O–H groups in total. The summed E-state index contributed by atoms with van der Waals surface area (Å²) in [6.07, 6.45) is 12.6. The number of nitrogens with zero attached hydrogens (tertiary/aromatic N) is 3. The Kier molecular flexibility index (Phi) is 8.60. The lowest BCUT2D eigenvalue weighted by Crippen LogP contribution is -2.61. The molecular formula is C22H41N5O2. The molecule has 3 aliphatic rings. The van der Waals surface area contributed by atoms with Crippen LogP contribution < -0.4 is 10.6 Å². The highest BCUT2D eigenvalue weighted by molar-refractivity contribution is 5.85. The van der Waals surface area contributed by atoms with Crippen molar-refractivity contribution in [3.05, 3.63) is 0 Å². The van der Waals surface area contributed by atoms with Gasteiger partial charge in [0, 0.05) is 45.3 Å². The molecule has 7 heteroatoms. The summed E-state index contributed by atoms with van der Waals surface area (Å²) in [6, 6.07) is 0.468. The van der Waals surface area contributed by atoms with Crippen LogP contribution in [0.5, 0.6) is 0 Å². The van der Waals surface area contributed by atoms with Crippen LogP contribution in [0, 0.1) is 0 Å². The van der Waals surface area contributed by atoms with E-state index < -0.39 is 0 Å². The molecule has 0 radical (unpaired) electrons. The molecule has 0 unspecified atom stereocenters. The van der Waals surface area contributed by atoms with Crippen molar-refractivity contribution in [1.82, 2.24) is 20.4 Å². The molecule has 0 aromatic carbocycles. The van der Waals surface area contributed by atoms with Gasteiger partial charge in [0.25, 0.3) is 0 Å². The molecular weight excluding hydrogens is 366 g/mol. The topological polar surface area (TPSA) is 69.2 Å². The number of hydrogen-bond donors (Lipinski definition) is 2. The van der Waals surface area contributed by atoms with E-state index in [1.54, 1.807) is 19.0 Å². The molecule has 166 valence electrons. The number of guanidine groups is 1. The molecule has 1 amide bonds. The van der Waals surface area contributed by atoms with Crippen molar-refractivity contribution in [2.75, 3.05) is 53.5 Å². The summed E-state index contributed by atoms with van der Waals surface area (Å²) in [5, 5.41) is 7.29. The van der Waals surface area contributed by atoms with E-state index in [-0.39, 0.29) is 18.0 Å². The zero-order valence-electron chi connectivity index (χ0n) is 18.5. The maximum absolute atomic E-state index is 12.1. The first kappa shape index (κ1) is 22.3. The minimum Gasteiger partial charge on any atom is -0.379 e. The van der Waals surface area contributed by atoms with E-state index in [9.17, 15) is 4.79 Å².